The van der Waals surface area contributed by atoms with Crippen molar-refractivity contribution < 1.29 is 9.13 Å². The van der Waals surface area contributed by atoms with Crippen molar-refractivity contribution in [3.63, 3.8) is 0 Å². The number of nitro groups is 1. The van der Waals surface area contributed by atoms with E-state index < -0.39 is 15.7 Å². The predicted octanol–water partition coefficient (Wildman–Crippen LogP) is 1.83. The molecular formula is C11H13BrN2O3S. The number of hydrogen-bond acceptors (Lipinski definition) is 4. The van der Waals surface area contributed by atoms with E-state index in [2.05, 4.69) is 21.2 Å². The number of halogens is 1. The first kappa shape index (κ1) is 13.6. The third-order valence-electron chi connectivity index (χ3n) is 2.85. The second-order valence-corrected chi connectivity index (χ2v) is 6.72. The van der Waals surface area contributed by atoms with Crippen LogP contribution >= 0.6 is 15.9 Å². The molecule has 0 aliphatic carbocycles. The first-order valence-corrected chi connectivity index (χ1v) is 7.83. The number of benzene rings is 1. The van der Waals surface area contributed by atoms with E-state index in [1.54, 1.807) is 12.1 Å². The van der Waals surface area contributed by atoms with Crippen molar-refractivity contribution in [2.75, 3.05) is 18.8 Å². The Morgan fingerprint density at radius 1 is 1.50 bits per heavy atom. The number of nitro benzene ring substituents is 1. The van der Waals surface area contributed by atoms with E-state index in [0.29, 0.717) is 21.7 Å². The van der Waals surface area contributed by atoms with E-state index in [1.807, 2.05) is 0 Å². The molecule has 1 aromatic carbocycles. The van der Waals surface area contributed by atoms with Gasteiger partial charge in [-0.1, -0.05) is 22.0 Å². The quantitative estimate of drug-likeness (QED) is 0.659. The van der Waals surface area contributed by atoms with Gasteiger partial charge in [-0.3, -0.25) is 14.3 Å². The van der Waals surface area contributed by atoms with Gasteiger partial charge in [-0.25, -0.2) is 0 Å². The highest BCUT2D eigenvalue weighted by molar-refractivity contribution is 9.10. The van der Waals surface area contributed by atoms with Crippen molar-refractivity contribution in [2.24, 2.45) is 5.92 Å². The first-order valence-electron chi connectivity index (χ1n) is 5.55. The number of hydrogen-bond donors (Lipinski definition) is 1. The maximum atomic E-state index is 11.9. The van der Waals surface area contributed by atoms with Gasteiger partial charge < -0.3 is 5.32 Å². The molecular weight excluding hydrogens is 320 g/mol. The van der Waals surface area contributed by atoms with Crippen LogP contribution in [0.3, 0.4) is 0 Å². The molecule has 1 N–H and O–H groups in total. The van der Waals surface area contributed by atoms with E-state index in [9.17, 15) is 14.3 Å². The minimum absolute atomic E-state index is 0.0319. The van der Waals surface area contributed by atoms with Crippen LogP contribution in [-0.2, 0) is 16.6 Å². The first-order chi connectivity index (χ1) is 8.56. The lowest BCUT2D eigenvalue weighted by atomic mass is 10.1. The van der Waals surface area contributed by atoms with Gasteiger partial charge in [-0.2, -0.15) is 0 Å². The normalized spacial score (nSPS) is 17.2. The van der Waals surface area contributed by atoms with E-state index in [-0.39, 0.29) is 11.4 Å². The lowest BCUT2D eigenvalue weighted by Crippen LogP contribution is -2.44. The maximum absolute atomic E-state index is 11.9. The molecule has 98 valence electrons. The smallest absolute Gasteiger partial charge is 0.274 e. The Labute approximate surface area is 116 Å². The summed E-state index contributed by atoms with van der Waals surface area (Å²) in [7, 11) is -1.04. The van der Waals surface area contributed by atoms with E-state index in [1.165, 1.54) is 6.07 Å². The Kier molecular flexibility index (Phi) is 4.47. The Bertz CT molecular complexity index is 491. The molecule has 5 nitrogen and oxygen atoms in total. The van der Waals surface area contributed by atoms with Gasteiger partial charge in [0.25, 0.3) is 5.69 Å². The van der Waals surface area contributed by atoms with Crippen LogP contribution in [-0.4, -0.2) is 28.0 Å². The van der Waals surface area contributed by atoms with Crippen molar-refractivity contribution in [3.8, 4) is 0 Å². The summed E-state index contributed by atoms with van der Waals surface area (Å²) in [6.07, 6.45) is 0. The Hall–Kier alpha value is -0.790. The SMILES string of the molecule is O=[N+]([O-])c1cc(Br)ccc1CS(=O)CC1CNC1. The van der Waals surface area contributed by atoms with Crippen LogP contribution in [0.2, 0.25) is 0 Å². The Morgan fingerprint density at radius 2 is 2.22 bits per heavy atom. The molecule has 0 spiro atoms. The molecule has 0 saturated carbocycles. The number of nitrogens with one attached hydrogen (secondary N) is 1. The molecule has 0 aromatic heterocycles. The molecule has 2 rings (SSSR count). The summed E-state index contributed by atoms with van der Waals surface area (Å²) < 4.78 is 12.6. The van der Waals surface area contributed by atoms with E-state index >= 15 is 0 Å². The van der Waals surface area contributed by atoms with Crippen LogP contribution in [0.15, 0.2) is 22.7 Å². The zero-order chi connectivity index (χ0) is 13.1. The summed E-state index contributed by atoms with van der Waals surface area (Å²) in [5.41, 5.74) is 0.568. The van der Waals surface area contributed by atoms with Gasteiger partial charge in [0.1, 0.15) is 0 Å². The van der Waals surface area contributed by atoms with Gasteiger partial charge >= 0.3 is 0 Å². The van der Waals surface area contributed by atoms with Crippen LogP contribution < -0.4 is 5.32 Å². The Balaban J connectivity index is 2.07. The van der Waals surface area contributed by atoms with Crippen molar-refractivity contribution in [3.05, 3.63) is 38.3 Å². The Morgan fingerprint density at radius 3 is 2.78 bits per heavy atom. The molecule has 18 heavy (non-hydrogen) atoms. The van der Waals surface area contributed by atoms with Gasteiger partial charge in [-0.05, 0) is 12.0 Å². The standard InChI is InChI=1S/C11H13BrN2O3S/c12-10-2-1-9(11(3-10)14(15)16)7-18(17)6-8-4-13-5-8/h1-3,8,13H,4-7H2. The zero-order valence-electron chi connectivity index (χ0n) is 9.60. The minimum Gasteiger partial charge on any atom is -0.316 e. The molecule has 1 aliphatic rings. The van der Waals surface area contributed by atoms with Crippen molar-refractivity contribution in [1.29, 1.82) is 0 Å². The second kappa shape index (κ2) is 5.90. The highest BCUT2D eigenvalue weighted by Gasteiger charge is 2.22. The molecule has 1 unspecified atom stereocenters. The fraction of sp³-hybridized carbons (Fsp3) is 0.455. The molecule has 1 saturated heterocycles. The van der Waals surface area contributed by atoms with Crippen molar-refractivity contribution >= 4 is 32.4 Å². The molecule has 7 heteroatoms. The van der Waals surface area contributed by atoms with E-state index in [4.69, 9.17) is 0 Å². The fourth-order valence-electron chi connectivity index (χ4n) is 1.79. The predicted molar refractivity (Wildman–Crippen MR) is 73.9 cm³/mol. The lowest BCUT2D eigenvalue weighted by molar-refractivity contribution is -0.385. The average molecular weight is 333 g/mol. The molecule has 0 radical (unpaired) electrons. The molecule has 0 amide bonds. The number of nitrogens with zero attached hydrogens (tertiary/aromatic N) is 1. The van der Waals surface area contributed by atoms with Gasteiger partial charge in [0, 0.05) is 45.7 Å². The highest BCUT2D eigenvalue weighted by atomic mass is 79.9. The van der Waals surface area contributed by atoms with Gasteiger partial charge in [0.15, 0.2) is 0 Å². The maximum Gasteiger partial charge on any atom is 0.274 e. The van der Waals surface area contributed by atoms with Crippen LogP contribution in [0.1, 0.15) is 5.56 Å². The number of rotatable bonds is 5. The van der Waals surface area contributed by atoms with Gasteiger partial charge in [0.05, 0.1) is 10.7 Å². The van der Waals surface area contributed by atoms with Crippen LogP contribution in [0.4, 0.5) is 5.69 Å². The summed E-state index contributed by atoms with van der Waals surface area (Å²) in [5.74, 6) is 1.31. The third-order valence-corrected chi connectivity index (χ3v) is 4.82. The van der Waals surface area contributed by atoms with Gasteiger partial charge in [0.2, 0.25) is 0 Å². The van der Waals surface area contributed by atoms with Gasteiger partial charge in [-0.15, -0.1) is 0 Å². The van der Waals surface area contributed by atoms with Crippen molar-refractivity contribution in [2.45, 2.75) is 5.75 Å². The zero-order valence-corrected chi connectivity index (χ0v) is 12.0. The summed E-state index contributed by atoms with van der Waals surface area (Å²) in [6, 6.07) is 4.86. The molecule has 1 fully saturated rings. The molecule has 1 atom stereocenters. The molecule has 1 aromatic rings. The minimum atomic E-state index is -1.04. The van der Waals surface area contributed by atoms with Crippen LogP contribution in [0, 0.1) is 16.0 Å². The molecule has 1 heterocycles. The lowest BCUT2D eigenvalue weighted by Gasteiger charge is -2.26. The fourth-order valence-corrected chi connectivity index (χ4v) is 3.61. The molecule has 0 bridgehead atoms. The van der Waals surface area contributed by atoms with Crippen molar-refractivity contribution in [1.82, 2.24) is 5.32 Å². The molecule has 1 aliphatic heterocycles. The summed E-state index contributed by atoms with van der Waals surface area (Å²) in [4.78, 5) is 10.5. The monoisotopic (exact) mass is 332 g/mol. The highest BCUT2D eigenvalue weighted by Crippen LogP contribution is 2.25. The summed E-state index contributed by atoms with van der Waals surface area (Å²) in [6.45, 7) is 1.79. The third kappa shape index (κ3) is 3.37. The second-order valence-electron chi connectivity index (χ2n) is 4.31. The summed E-state index contributed by atoms with van der Waals surface area (Å²) in [5, 5.41) is 14.0. The summed E-state index contributed by atoms with van der Waals surface area (Å²) >= 11 is 3.20. The van der Waals surface area contributed by atoms with Crippen LogP contribution in [0.25, 0.3) is 0 Å². The van der Waals surface area contributed by atoms with E-state index in [0.717, 1.165) is 13.1 Å². The largest absolute Gasteiger partial charge is 0.316 e. The topological polar surface area (TPSA) is 72.2 Å². The van der Waals surface area contributed by atoms with Crippen LogP contribution in [0.5, 0.6) is 0 Å². The average Bonchev–Trinajstić information content (AvgIpc) is 2.26.